The third kappa shape index (κ3) is 23.3. The monoisotopic (exact) mass is 2160 g/mol. The molecule has 0 aromatic heterocycles. The van der Waals surface area contributed by atoms with Crippen molar-refractivity contribution in [1.82, 2.24) is 0 Å². The quantitative estimate of drug-likeness (QED) is 0.00922. The van der Waals surface area contributed by atoms with Crippen LogP contribution in [-0.2, 0) is 109 Å². The van der Waals surface area contributed by atoms with Gasteiger partial charge in [-0.05, 0) is 152 Å². The molecule has 0 spiro atoms. The van der Waals surface area contributed by atoms with Gasteiger partial charge in [-0.25, -0.2) is 9.59 Å². The van der Waals surface area contributed by atoms with Crippen LogP contribution in [0.25, 0.3) is 0 Å². The maximum atomic E-state index is 16.9. The molecule has 0 amide bonds. The summed E-state index contributed by atoms with van der Waals surface area (Å²) in [5, 5.41) is 290. The van der Waals surface area contributed by atoms with Crippen LogP contribution in [0.2, 0.25) is 0 Å². The number of esters is 3. The molecular formula is C101H160O49. The van der Waals surface area contributed by atoms with Crippen LogP contribution in [0.15, 0.2) is 60.3 Å². The van der Waals surface area contributed by atoms with Crippen LogP contribution in [0.1, 0.15) is 167 Å². The van der Waals surface area contributed by atoms with E-state index in [1.54, 1.807) is 27.7 Å². The Bertz CT molecular complexity index is 4630. The number of ether oxygens (including phenoxy) is 20. The van der Waals surface area contributed by atoms with Crippen molar-refractivity contribution in [2.75, 3.05) is 46.2 Å². The summed E-state index contributed by atoms with van der Waals surface area (Å²) in [7, 11) is 0. The summed E-state index contributed by atoms with van der Waals surface area (Å²) in [4.78, 5) is 46.1. The summed E-state index contributed by atoms with van der Waals surface area (Å²) >= 11 is 0. The topological polar surface area (TPSA) is 762 Å². The maximum absolute atomic E-state index is 16.9. The number of hydrogen-bond donors (Lipinski definition) is 26. The lowest BCUT2D eigenvalue weighted by atomic mass is 9.33. The van der Waals surface area contributed by atoms with Gasteiger partial charge in [0.15, 0.2) is 62.5 Å². The zero-order valence-corrected chi connectivity index (χ0v) is 86.5. The molecule has 54 atom stereocenters. The van der Waals surface area contributed by atoms with E-state index in [0.717, 1.165) is 0 Å². The first kappa shape index (κ1) is 121. The van der Waals surface area contributed by atoms with E-state index in [1.165, 1.54) is 52.0 Å². The zero-order chi connectivity index (χ0) is 110. The zero-order valence-electron chi connectivity index (χ0n) is 86.5. The van der Waals surface area contributed by atoms with E-state index in [4.69, 9.17) is 94.7 Å². The van der Waals surface area contributed by atoms with Crippen molar-refractivity contribution in [1.29, 1.82) is 0 Å². The van der Waals surface area contributed by atoms with E-state index in [2.05, 4.69) is 33.1 Å². The first-order valence-electron chi connectivity index (χ1n) is 51.8. The predicted octanol–water partition coefficient (Wildman–Crippen LogP) is -6.57. The summed E-state index contributed by atoms with van der Waals surface area (Å²) < 4.78 is 122. The Balaban J connectivity index is 0.732. The van der Waals surface area contributed by atoms with Gasteiger partial charge in [0.05, 0.1) is 93.5 Å². The number of allylic oxidation sites excluding steroid dienone is 4. The number of rotatable bonds is 35. The molecule has 150 heavy (non-hydrogen) atoms. The van der Waals surface area contributed by atoms with E-state index in [1.807, 2.05) is 20.8 Å². The van der Waals surface area contributed by atoms with E-state index >= 15 is 9.59 Å². The molecule has 49 nitrogen and oxygen atoms in total. The average molecular weight is 2160 g/mol. The molecule has 0 bridgehead atoms. The van der Waals surface area contributed by atoms with Crippen LogP contribution in [0.4, 0.5) is 0 Å². The van der Waals surface area contributed by atoms with Gasteiger partial charge in [0.25, 0.3) is 0 Å². The van der Waals surface area contributed by atoms with Gasteiger partial charge in [-0.15, -0.1) is 13.2 Å². The number of carbonyl (C=O) groups is 3. The van der Waals surface area contributed by atoms with Crippen molar-refractivity contribution in [3.8, 4) is 0 Å². The van der Waals surface area contributed by atoms with Crippen LogP contribution in [0.5, 0.6) is 0 Å². The van der Waals surface area contributed by atoms with Crippen LogP contribution in [0.3, 0.4) is 0 Å². The normalized spacial score (nSPS) is 49.2. The summed E-state index contributed by atoms with van der Waals surface area (Å²) in [5.74, 6) is -4.82. The minimum Gasteiger partial charge on any atom is -0.458 e. The number of fused-ring (bicyclic) bond motifs is 7. The van der Waals surface area contributed by atoms with Crippen molar-refractivity contribution in [2.24, 2.45) is 50.2 Å². The molecule has 0 radical (unpaired) electrons. The Morgan fingerprint density at radius 1 is 0.427 bits per heavy atom. The molecular weight excluding hydrogens is 2000 g/mol. The van der Waals surface area contributed by atoms with Gasteiger partial charge in [0.2, 0.25) is 6.29 Å². The van der Waals surface area contributed by atoms with Crippen molar-refractivity contribution in [3.05, 3.63) is 60.3 Å². The standard InChI is InChI=1S/C101H160O49/c1-16-96(11,149-89-75(126)66(117)58(109)41(4)134-89)26-18-20-40(3)82(128)143-81-69(120)59(110)42(5)135-92(81)150-97(12,17-2)27-19-21-44(33-102)83(129)141-57-32-101(93(130)148-91-80(70(121)63(114)50(35-104)139-91)147-88-76(127)78(145-87-74(125)67(118)62(113)49(34-103)137-87)77(43(6)136-88)144-86-72(123)64(115)51(36-105)138-86)46(30-94(57,7)8)45-22-23-54-98(13)28-25-56(95(9,10)53(98)24-29-99(54,14)100(45,15)31-55(101)108)142-85-73(124)68(119)65(116)52(140-85)39-133-90-79(61(112)48(107)38-132-90)146-84-71(122)60(111)47(106)37-131-84/h16-17,20-22,41-43,46-81,84-92,102-127H,1-2,18-19,23-39H2,3-15H3/b40-20+,44-21+/t41-,42-,43+,46+,47-,48-,49-,50-,51-,52-,53-,54-,55+,56+,57?,58-,59-,60+,61-,62-,63-,64-,65-,66+,67+,68+,69+,70+,71-,72+,73-,74-,75-,76-,77+,78+,79+,80-,81-,84+,85+,86+,87+,88+,89+,90+,91+,92+,96+,97-,98+,99-,100-,101-/m1/s1. The van der Waals surface area contributed by atoms with Gasteiger partial charge in [-0.1, -0.05) is 84.4 Å². The van der Waals surface area contributed by atoms with Gasteiger partial charge < -0.3 is 228 Å². The van der Waals surface area contributed by atoms with Crippen LogP contribution in [-0.4, -0.2) is 484 Å². The Labute approximate surface area is 867 Å². The molecule has 13 fully saturated rings. The third-order valence-electron chi connectivity index (χ3n) is 35.3. The van der Waals surface area contributed by atoms with Crippen LogP contribution >= 0.6 is 0 Å². The van der Waals surface area contributed by atoms with Gasteiger partial charge >= 0.3 is 17.9 Å². The molecule has 0 aromatic carbocycles. The Morgan fingerprint density at radius 3 is 1.49 bits per heavy atom. The molecule has 858 valence electrons. The van der Waals surface area contributed by atoms with E-state index in [-0.39, 0.29) is 61.5 Å². The number of aliphatic hydroxyl groups excluding tert-OH is 26. The van der Waals surface area contributed by atoms with Crippen molar-refractivity contribution >= 4 is 17.9 Å². The van der Waals surface area contributed by atoms with Crippen molar-refractivity contribution in [3.63, 3.8) is 0 Å². The van der Waals surface area contributed by atoms with E-state index in [9.17, 15) is 138 Å². The van der Waals surface area contributed by atoms with Gasteiger partial charge in [0.1, 0.15) is 182 Å². The second kappa shape index (κ2) is 47.7. The fraction of sp³-hybridized carbons (Fsp3) is 0.871. The molecule has 49 heteroatoms. The maximum Gasteiger partial charge on any atom is 0.336 e. The lowest BCUT2D eigenvalue weighted by molar-refractivity contribution is -0.390. The van der Waals surface area contributed by atoms with Crippen LogP contribution in [0, 0.1) is 50.2 Å². The fourth-order valence-electron chi connectivity index (χ4n) is 25.4. The molecule has 14 aliphatic rings. The summed E-state index contributed by atoms with van der Waals surface area (Å²) in [6.45, 7) is 25.4. The third-order valence-corrected chi connectivity index (χ3v) is 35.3. The molecule has 0 aromatic rings. The van der Waals surface area contributed by atoms with E-state index < -0.39 is 397 Å². The first-order chi connectivity index (χ1) is 70.3. The van der Waals surface area contributed by atoms with Gasteiger partial charge in [-0.2, -0.15) is 0 Å². The lowest BCUT2D eigenvalue weighted by Crippen LogP contribution is -2.70. The Hall–Kier alpha value is -4.61. The summed E-state index contributed by atoms with van der Waals surface area (Å²) in [6.07, 6.45) is -68.1. The highest BCUT2D eigenvalue weighted by atomic mass is 16.8. The number of carbonyl (C=O) groups excluding carboxylic acids is 3. The summed E-state index contributed by atoms with van der Waals surface area (Å²) in [6, 6.07) is 0. The van der Waals surface area contributed by atoms with Gasteiger partial charge in [0, 0.05) is 17.4 Å². The average Bonchev–Trinajstić information content (AvgIpc) is 0.699. The molecule has 5 aliphatic carbocycles. The lowest BCUT2D eigenvalue weighted by Gasteiger charge is -2.72. The van der Waals surface area contributed by atoms with Crippen LogP contribution < -0.4 is 0 Å². The second-order valence-electron chi connectivity index (χ2n) is 45.7. The minimum absolute atomic E-state index is 0.0333. The van der Waals surface area contributed by atoms with E-state index in [0.29, 0.717) is 37.7 Å². The molecule has 9 aliphatic heterocycles. The predicted molar refractivity (Wildman–Crippen MR) is 503 cm³/mol. The smallest absolute Gasteiger partial charge is 0.336 e. The Kier molecular flexibility index (Phi) is 38.4. The molecule has 4 saturated carbocycles. The second-order valence-corrected chi connectivity index (χ2v) is 45.7. The fourth-order valence-corrected chi connectivity index (χ4v) is 25.4. The molecule has 26 N–H and O–H groups in total. The highest BCUT2D eigenvalue weighted by molar-refractivity contribution is 5.89. The highest BCUT2D eigenvalue weighted by Gasteiger charge is 2.75. The Morgan fingerprint density at radius 2 is 0.893 bits per heavy atom. The minimum atomic E-state index is -2.30. The largest absolute Gasteiger partial charge is 0.458 e. The van der Waals surface area contributed by atoms with Crippen molar-refractivity contribution in [2.45, 2.75) is 455 Å². The number of hydrogen-bond acceptors (Lipinski definition) is 49. The molecule has 9 heterocycles. The summed E-state index contributed by atoms with van der Waals surface area (Å²) in [5.41, 5.74) is -8.94. The molecule has 9 saturated heterocycles. The van der Waals surface area contributed by atoms with Gasteiger partial charge in [-0.3, -0.25) is 4.79 Å². The number of aliphatic hydroxyl groups is 26. The first-order valence-corrected chi connectivity index (χ1v) is 51.8. The molecule has 1 unspecified atom stereocenters. The highest BCUT2D eigenvalue weighted by Crippen LogP contribution is 2.77. The van der Waals surface area contributed by atoms with Crippen molar-refractivity contribution < 1.29 is 242 Å². The molecule has 14 rings (SSSR count). The SMILES string of the molecule is C=C[C@@](C)(CC/C=C(\C)C(=O)O[C@H]1[C@H](O[C@](C)(C=C)CC/C=C(\CO)C(=O)OC2C[C@]3(C(=O)O[C@@H]4O[C@H](CO)[C@@H](O)[C@H](O)[C@H]4O[C@@H]4O[C@@H](C)[C@H](O[C@@H]5O[C@H](CO)[C@@H](O)[C@@H]5O)[C@@H](O[C@@H]5O[C@H](CO)[C@@H](O)[C@H](O)[C@H]5O)[C@H]4O)[C@@H](O)C[C@]4(C)C(=CC[C@@H]5[C@@]6(C)CC[C@H](O[C@@H]7O[C@H](CO[C@@H]8OC[C@@H](O)[C@@H](O)[C@@H]8O[C@@H]8OC[C@@H](O)[C@H](O)[C@H]8O)[C@@H](O)[C@H](O)[C@H]7O)C(C)(C)[C@H]6CC[C@]54C)[C@@H]3CC2(C)C)O[C@H](C)[C@@H](O)[C@@H]1O)O[C@@H]1O[C@H](C)[C@@H](O)[C@H](O)[C@H]1O.